The van der Waals surface area contributed by atoms with Crippen LogP contribution in [0, 0.1) is 5.41 Å². The van der Waals surface area contributed by atoms with E-state index in [4.69, 9.17) is 14.2 Å². The first-order valence-corrected chi connectivity index (χ1v) is 16.0. The predicted molar refractivity (Wildman–Crippen MR) is 167 cm³/mol. The lowest BCUT2D eigenvalue weighted by molar-refractivity contribution is -0.0898. The first-order valence-electron chi connectivity index (χ1n) is 16.0. The van der Waals surface area contributed by atoms with Gasteiger partial charge in [0.2, 0.25) is 0 Å². The van der Waals surface area contributed by atoms with Crippen LogP contribution in [0.1, 0.15) is 103 Å². The molecule has 0 aliphatic heterocycles. The van der Waals surface area contributed by atoms with E-state index in [1.165, 1.54) is 62.5 Å². The highest BCUT2D eigenvalue weighted by molar-refractivity contribution is 5.15. The second-order valence-corrected chi connectivity index (χ2v) is 13.0. The van der Waals surface area contributed by atoms with Gasteiger partial charge in [-0.2, -0.15) is 0 Å². The Morgan fingerprint density at radius 2 is 1.27 bits per heavy atom. The van der Waals surface area contributed by atoms with Crippen LogP contribution >= 0.6 is 0 Å². The van der Waals surface area contributed by atoms with Crippen LogP contribution in [0.3, 0.4) is 0 Å². The van der Waals surface area contributed by atoms with Gasteiger partial charge in [0.05, 0.1) is 31.5 Å². The quantitative estimate of drug-likeness (QED) is 0.163. The summed E-state index contributed by atoms with van der Waals surface area (Å²) in [6.07, 6.45) is 12.2. The fourth-order valence-corrected chi connectivity index (χ4v) is 5.83. The Morgan fingerprint density at radius 3 is 1.88 bits per heavy atom. The summed E-state index contributed by atoms with van der Waals surface area (Å²) in [6.45, 7) is 12.4. The summed E-state index contributed by atoms with van der Waals surface area (Å²) in [6, 6.07) is 21.2. The van der Waals surface area contributed by atoms with Crippen molar-refractivity contribution < 1.29 is 14.2 Å². The van der Waals surface area contributed by atoms with Gasteiger partial charge in [0.1, 0.15) is 6.10 Å². The Morgan fingerprint density at radius 1 is 0.700 bits per heavy atom. The van der Waals surface area contributed by atoms with Gasteiger partial charge in [0, 0.05) is 13.0 Å². The molecule has 0 aromatic heterocycles. The normalized spacial score (nSPS) is 21.4. The number of ether oxygens (including phenoxy) is 3. The molecule has 0 heterocycles. The molecule has 0 saturated heterocycles. The zero-order valence-corrected chi connectivity index (χ0v) is 26.2. The molecule has 0 spiro atoms. The summed E-state index contributed by atoms with van der Waals surface area (Å²) >= 11 is 0. The van der Waals surface area contributed by atoms with Crippen LogP contribution in [-0.4, -0.2) is 49.5 Å². The molecule has 1 saturated carbocycles. The molecule has 0 N–H and O–H groups in total. The van der Waals surface area contributed by atoms with Gasteiger partial charge in [-0.15, -0.1) is 0 Å². The first-order chi connectivity index (χ1) is 19.4. The Labute approximate surface area is 245 Å². The molecule has 3 rings (SSSR count). The van der Waals surface area contributed by atoms with Gasteiger partial charge >= 0.3 is 0 Å². The highest BCUT2D eigenvalue weighted by atomic mass is 16.6. The minimum atomic E-state index is 0.00948. The SMILES string of the molecule is CCCCCCCO[C@@H]1[C@@H](N(C)CCCCCC(C)(C)C)[C@H](OCc2ccccc2)C[C@@H]1OCc1ccccc1. The summed E-state index contributed by atoms with van der Waals surface area (Å²) in [5, 5.41) is 0. The van der Waals surface area contributed by atoms with Crippen LogP contribution in [0.15, 0.2) is 60.7 Å². The summed E-state index contributed by atoms with van der Waals surface area (Å²) in [4.78, 5) is 2.51. The molecular weight excluding hydrogens is 494 g/mol. The van der Waals surface area contributed by atoms with Crippen molar-refractivity contribution in [1.82, 2.24) is 4.90 Å². The van der Waals surface area contributed by atoms with Crippen molar-refractivity contribution in [2.24, 2.45) is 5.41 Å². The molecule has 4 nitrogen and oxygen atoms in total. The summed E-state index contributed by atoms with van der Waals surface area (Å²) in [5.74, 6) is 0. The Kier molecular flexibility index (Phi) is 14.7. The van der Waals surface area contributed by atoms with Crippen molar-refractivity contribution >= 4 is 0 Å². The van der Waals surface area contributed by atoms with Crippen LogP contribution in [-0.2, 0) is 27.4 Å². The molecule has 4 atom stereocenters. The molecule has 0 unspecified atom stereocenters. The molecule has 224 valence electrons. The maximum atomic E-state index is 6.73. The Bertz CT molecular complexity index is 897. The van der Waals surface area contributed by atoms with Crippen molar-refractivity contribution in [2.75, 3.05) is 20.2 Å². The summed E-state index contributed by atoms with van der Waals surface area (Å²) in [5.41, 5.74) is 2.83. The average Bonchev–Trinajstić information content (AvgIpc) is 3.30. The number of unbranched alkanes of at least 4 members (excludes halogenated alkanes) is 6. The highest BCUT2D eigenvalue weighted by Crippen LogP contribution is 2.34. The highest BCUT2D eigenvalue weighted by Gasteiger charge is 2.47. The Hall–Kier alpha value is -1.72. The van der Waals surface area contributed by atoms with Gasteiger partial charge < -0.3 is 14.2 Å². The molecule has 2 aromatic rings. The second kappa shape index (κ2) is 18.0. The van der Waals surface area contributed by atoms with E-state index in [0.29, 0.717) is 18.6 Å². The lowest BCUT2D eigenvalue weighted by atomic mass is 9.89. The van der Waals surface area contributed by atoms with E-state index in [-0.39, 0.29) is 24.4 Å². The van der Waals surface area contributed by atoms with Crippen LogP contribution in [0.4, 0.5) is 0 Å². The zero-order valence-electron chi connectivity index (χ0n) is 26.2. The number of likely N-dealkylation sites (N-methyl/N-ethyl adjacent to an activating group) is 1. The predicted octanol–water partition coefficient (Wildman–Crippen LogP) is 8.82. The van der Waals surface area contributed by atoms with E-state index in [1.54, 1.807) is 0 Å². The van der Waals surface area contributed by atoms with Crippen molar-refractivity contribution in [3.8, 4) is 0 Å². The minimum Gasteiger partial charge on any atom is -0.374 e. The zero-order chi connectivity index (χ0) is 28.6. The molecule has 4 heteroatoms. The van der Waals surface area contributed by atoms with E-state index in [9.17, 15) is 0 Å². The van der Waals surface area contributed by atoms with Gasteiger partial charge in [0.25, 0.3) is 0 Å². The lowest BCUT2D eigenvalue weighted by Gasteiger charge is -2.34. The monoisotopic (exact) mass is 551 g/mol. The van der Waals surface area contributed by atoms with E-state index >= 15 is 0 Å². The third kappa shape index (κ3) is 12.0. The minimum absolute atomic E-state index is 0.00948. The number of hydrogen-bond donors (Lipinski definition) is 0. The number of benzene rings is 2. The molecule has 0 radical (unpaired) electrons. The van der Waals surface area contributed by atoms with Crippen molar-refractivity contribution in [3.05, 3.63) is 71.8 Å². The third-order valence-electron chi connectivity index (χ3n) is 8.17. The van der Waals surface area contributed by atoms with Gasteiger partial charge in [-0.25, -0.2) is 0 Å². The fraction of sp³-hybridized carbons (Fsp3) is 0.667. The topological polar surface area (TPSA) is 30.9 Å². The van der Waals surface area contributed by atoms with Gasteiger partial charge in [0.15, 0.2) is 0 Å². The molecular formula is C36H57NO3. The maximum absolute atomic E-state index is 6.73. The molecule has 2 aromatic carbocycles. The first kappa shape index (κ1) is 32.8. The summed E-state index contributed by atoms with van der Waals surface area (Å²) < 4.78 is 20.0. The standard InChI is InChI=1S/C36H57NO3/c1-6-7-8-9-19-26-38-35-33(40-29-31-22-15-11-16-23-31)27-32(39-28-30-20-13-10-14-21-30)34(35)37(5)25-18-12-17-24-36(2,3)4/h10-11,13-16,20-23,32-35H,6-9,12,17-19,24-29H2,1-5H3/t32-,33+,34+,35+/m1/s1. The number of rotatable bonds is 19. The second-order valence-electron chi connectivity index (χ2n) is 13.0. The van der Waals surface area contributed by atoms with Gasteiger partial charge in [-0.3, -0.25) is 4.90 Å². The van der Waals surface area contributed by atoms with Crippen LogP contribution in [0.5, 0.6) is 0 Å². The molecule has 1 fully saturated rings. The molecule has 0 bridgehead atoms. The fourth-order valence-electron chi connectivity index (χ4n) is 5.83. The largest absolute Gasteiger partial charge is 0.374 e. The third-order valence-corrected chi connectivity index (χ3v) is 8.17. The van der Waals surface area contributed by atoms with Crippen molar-refractivity contribution in [3.63, 3.8) is 0 Å². The average molecular weight is 552 g/mol. The van der Waals surface area contributed by atoms with Crippen LogP contribution in [0.25, 0.3) is 0 Å². The van der Waals surface area contributed by atoms with E-state index in [1.807, 2.05) is 0 Å². The van der Waals surface area contributed by atoms with E-state index < -0.39 is 0 Å². The molecule has 0 amide bonds. The molecule has 40 heavy (non-hydrogen) atoms. The van der Waals surface area contributed by atoms with Crippen molar-refractivity contribution in [2.45, 2.75) is 129 Å². The smallest absolute Gasteiger partial charge is 0.102 e. The maximum Gasteiger partial charge on any atom is 0.102 e. The molecule has 1 aliphatic rings. The van der Waals surface area contributed by atoms with Crippen LogP contribution < -0.4 is 0 Å². The Balaban J connectivity index is 1.68. The lowest BCUT2D eigenvalue weighted by Crippen LogP contribution is -2.48. The summed E-state index contributed by atoms with van der Waals surface area (Å²) in [7, 11) is 2.27. The van der Waals surface area contributed by atoms with Gasteiger partial charge in [-0.05, 0) is 49.4 Å². The number of hydrogen-bond acceptors (Lipinski definition) is 4. The molecule has 1 aliphatic carbocycles. The van der Waals surface area contributed by atoms with Gasteiger partial charge in [-0.1, -0.05) is 127 Å². The van der Waals surface area contributed by atoms with E-state index in [0.717, 1.165) is 26.0 Å². The van der Waals surface area contributed by atoms with Crippen molar-refractivity contribution in [1.29, 1.82) is 0 Å². The van der Waals surface area contributed by atoms with E-state index in [2.05, 4.69) is 100 Å². The van der Waals surface area contributed by atoms with Crippen LogP contribution in [0.2, 0.25) is 0 Å². The number of nitrogens with zero attached hydrogens (tertiary/aromatic N) is 1.